The standard InChI is InChI=1S/C25H29F3N4O/c1-16(2)15-33-20-11-9-18(10-12-20)31-23-29-14-21(25(26,27)28)22(32-23)30-19-8-6-7-17(13-19)24(3,4)5/h6-14,16H,15H2,1-5H3,(H2,29,30,31,32). The number of hydrogen-bond donors (Lipinski definition) is 2. The van der Waals surface area contributed by atoms with Crippen molar-refractivity contribution in [3.8, 4) is 5.75 Å². The fraction of sp³-hybridized carbons (Fsp3) is 0.360. The molecule has 1 heterocycles. The minimum absolute atomic E-state index is 0.0494. The molecular formula is C25H29F3N4O. The summed E-state index contributed by atoms with van der Waals surface area (Å²) in [4.78, 5) is 7.99. The van der Waals surface area contributed by atoms with Crippen molar-refractivity contribution in [2.75, 3.05) is 17.2 Å². The zero-order valence-electron chi connectivity index (χ0n) is 19.4. The van der Waals surface area contributed by atoms with E-state index < -0.39 is 11.7 Å². The van der Waals surface area contributed by atoms with Crippen LogP contribution in [0.4, 0.5) is 36.3 Å². The van der Waals surface area contributed by atoms with Crippen LogP contribution in [0.5, 0.6) is 5.75 Å². The van der Waals surface area contributed by atoms with Crippen LogP contribution in [0.1, 0.15) is 45.7 Å². The highest BCUT2D eigenvalue weighted by atomic mass is 19.4. The van der Waals surface area contributed by atoms with Crippen LogP contribution in [0.3, 0.4) is 0 Å². The van der Waals surface area contributed by atoms with Gasteiger partial charge < -0.3 is 15.4 Å². The van der Waals surface area contributed by atoms with Gasteiger partial charge in [0.25, 0.3) is 0 Å². The van der Waals surface area contributed by atoms with E-state index in [1.54, 1.807) is 36.4 Å². The van der Waals surface area contributed by atoms with E-state index in [4.69, 9.17) is 4.74 Å². The number of nitrogens with one attached hydrogen (secondary N) is 2. The van der Waals surface area contributed by atoms with Crippen molar-refractivity contribution >= 4 is 23.1 Å². The number of nitrogens with zero attached hydrogens (tertiary/aromatic N) is 2. The largest absolute Gasteiger partial charge is 0.493 e. The lowest BCUT2D eigenvalue weighted by molar-refractivity contribution is -0.137. The molecule has 2 N–H and O–H groups in total. The van der Waals surface area contributed by atoms with Gasteiger partial charge in [0, 0.05) is 17.6 Å². The highest BCUT2D eigenvalue weighted by Gasteiger charge is 2.35. The van der Waals surface area contributed by atoms with Gasteiger partial charge in [-0.3, -0.25) is 0 Å². The van der Waals surface area contributed by atoms with E-state index in [-0.39, 0.29) is 17.2 Å². The minimum Gasteiger partial charge on any atom is -0.493 e. The van der Waals surface area contributed by atoms with E-state index >= 15 is 0 Å². The molecule has 0 saturated heterocycles. The first-order valence-corrected chi connectivity index (χ1v) is 10.7. The summed E-state index contributed by atoms with van der Waals surface area (Å²) < 4.78 is 46.4. The Morgan fingerprint density at radius 3 is 2.24 bits per heavy atom. The maximum atomic E-state index is 13.6. The van der Waals surface area contributed by atoms with Crippen LogP contribution < -0.4 is 15.4 Å². The Bertz CT molecular complexity index is 1070. The first-order valence-electron chi connectivity index (χ1n) is 10.7. The summed E-state index contributed by atoms with van der Waals surface area (Å²) in [6, 6.07) is 14.4. The molecule has 2 aromatic carbocycles. The molecule has 1 aromatic heterocycles. The molecule has 0 unspecified atom stereocenters. The highest BCUT2D eigenvalue weighted by molar-refractivity contribution is 5.63. The summed E-state index contributed by atoms with van der Waals surface area (Å²) in [5, 5.41) is 5.77. The van der Waals surface area contributed by atoms with Crippen LogP contribution in [-0.4, -0.2) is 16.6 Å². The second kappa shape index (κ2) is 9.68. The molecule has 3 aromatic rings. The molecule has 0 bridgehead atoms. The van der Waals surface area contributed by atoms with Crippen LogP contribution in [0.2, 0.25) is 0 Å². The average molecular weight is 459 g/mol. The van der Waals surface area contributed by atoms with Gasteiger partial charge in [-0.2, -0.15) is 18.2 Å². The predicted octanol–water partition coefficient (Wildman–Crippen LogP) is 7.31. The molecule has 0 spiro atoms. The van der Waals surface area contributed by atoms with E-state index in [9.17, 15) is 13.2 Å². The summed E-state index contributed by atoms with van der Waals surface area (Å²) in [6.07, 6.45) is -3.82. The first-order chi connectivity index (χ1) is 15.4. The molecule has 0 aliphatic rings. The second-order valence-electron chi connectivity index (χ2n) is 9.26. The number of benzene rings is 2. The Kier molecular flexibility index (Phi) is 7.15. The van der Waals surface area contributed by atoms with Gasteiger partial charge in [-0.05, 0) is 53.3 Å². The van der Waals surface area contributed by atoms with Crippen LogP contribution in [0.25, 0.3) is 0 Å². The van der Waals surface area contributed by atoms with E-state index in [1.807, 2.05) is 32.9 Å². The third-order valence-electron chi connectivity index (χ3n) is 4.78. The topological polar surface area (TPSA) is 59.1 Å². The summed E-state index contributed by atoms with van der Waals surface area (Å²) in [7, 11) is 0. The van der Waals surface area contributed by atoms with Gasteiger partial charge in [0.1, 0.15) is 17.1 Å². The maximum Gasteiger partial charge on any atom is 0.421 e. The number of alkyl halides is 3. The second-order valence-corrected chi connectivity index (χ2v) is 9.26. The van der Waals surface area contributed by atoms with Crippen molar-refractivity contribution < 1.29 is 17.9 Å². The van der Waals surface area contributed by atoms with Gasteiger partial charge in [0.15, 0.2) is 0 Å². The monoisotopic (exact) mass is 458 g/mol. The van der Waals surface area contributed by atoms with E-state index in [2.05, 4.69) is 34.4 Å². The summed E-state index contributed by atoms with van der Waals surface area (Å²) >= 11 is 0. The van der Waals surface area contributed by atoms with Crippen LogP contribution in [0, 0.1) is 5.92 Å². The number of hydrogen-bond acceptors (Lipinski definition) is 5. The molecule has 176 valence electrons. The third-order valence-corrected chi connectivity index (χ3v) is 4.78. The lowest BCUT2D eigenvalue weighted by atomic mass is 9.87. The van der Waals surface area contributed by atoms with Gasteiger partial charge in [-0.15, -0.1) is 0 Å². The quantitative estimate of drug-likeness (QED) is 0.389. The lowest BCUT2D eigenvalue weighted by Crippen LogP contribution is -2.14. The normalized spacial score (nSPS) is 12.0. The summed E-state index contributed by atoms with van der Waals surface area (Å²) in [5.41, 5.74) is 1.06. The Morgan fingerprint density at radius 2 is 1.64 bits per heavy atom. The summed E-state index contributed by atoms with van der Waals surface area (Å²) in [5.74, 6) is 0.846. The van der Waals surface area contributed by atoms with Crippen molar-refractivity contribution in [3.63, 3.8) is 0 Å². The van der Waals surface area contributed by atoms with Gasteiger partial charge in [0.2, 0.25) is 5.95 Å². The zero-order chi connectivity index (χ0) is 24.2. The molecule has 0 aliphatic heterocycles. The number of rotatable bonds is 7. The third kappa shape index (κ3) is 6.84. The minimum atomic E-state index is -4.60. The van der Waals surface area contributed by atoms with E-state index in [0.717, 1.165) is 11.8 Å². The van der Waals surface area contributed by atoms with Crippen molar-refractivity contribution in [2.45, 2.75) is 46.2 Å². The first kappa shape index (κ1) is 24.4. The van der Waals surface area contributed by atoms with Crippen molar-refractivity contribution in [1.82, 2.24) is 9.97 Å². The molecule has 3 rings (SSSR count). The number of halogens is 3. The Balaban J connectivity index is 1.85. The van der Waals surface area contributed by atoms with Crippen LogP contribution in [-0.2, 0) is 11.6 Å². The van der Waals surface area contributed by atoms with Gasteiger partial charge in [-0.25, -0.2) is 4.98 Å². The molecule has 0 aliphatic carbocycles. The van der Waals surface area contributed by atoms with Crippen LogP contribution >= 0.6 is 0 Å². The molecular weight excluding hydrogens is 429 g/mol. The fourth-order valence-corrected chi connectivity index (χ4v) is 2.97. The fourth-order valence-electron chi connectivity index (χ4n) is 2.97. The maximum absolute atomic E-state index is 13.6. The zero-order valence-corrected chi connectivity index (χ0v) is 19.4. The van der Waals surface area contributed by atoms with Crippen molar-refractivity contribution in [1.29, 1.82) is 0 Å². The van der Waals surface area contributed by atoms with Gasteiger partial charge >= 0.3 is 6.18 Å². The molecule has 5 nitrogen and oxygen atoms in total. The Labute approximate surface area is 192 Å². The van der Waals surface area contributed by atoms with Crippen molar-refractivity contribution in [2.24, 2.45) is 5.92 Å². The van der Waals surface area contributed by atoms with Crippen LogP contribution in [0.15, 0.2) is 54.7 Å². The molecule has 0 atom stereocenters. The molecule has 0 fully saturated rings. The predicted molar refractivity (Wildman–Crippen MR) is 126 cm³/mol. The number of ether oxygens (including phenoxy) is 1. The molecule has 0 radical (unpaired) electrons. The smallest absolute Gasteiger partial charge is 0.421 e. The molecule has 0 amide bonds. The SMILES string of the molecule is CC(C)COc1ccc(Nc2ncc(C(F)(F)F)c(Nc3cccc(C(C)(C)C)c3)n2)cc1. The Hall–Kier alpha value is -3.29. The van der Waals surface area contributed by atoms with E-state index in [0.29, 0.717) is 29.6 Å². The van der Waals surface area contributed by atoms with Gasteiger partial charge in [-0.1, -0.05) is 46.8 Å². The number of anilines is 4. The average Bonchev–Trinajstić information content (AvgIpc) is 2.72. The highest BCUT2D eigenvalue weighted by Crippen LogP contribution is 2.36. The Morgan fingerprint density at radius 1 is 0.939 bits per heavy atom. The summed E-state index contributed by atoms with van der Waals surface area (Å²) in [6.45, 7) is 10.8. The van der Waals surface area contributed by atoms with Crippen molar-refractivity contribution in [3.05, 3.63) is 65.9 Å². The molecule has 8 heteroatoms. The lowest BCUT2D eigenvalue weighted by Gasteiger charge is -2.20. The molecule has 33 heavy (non-hydrogen) atoms. The number of aromatic nitrogens is 2. The van der Waals surface area contributed by atoms with E-state index in [1.165, 1.54) is 0 Å². The molecule has 0 saturated carbocycles. The van der Waals surface area contributed by atoms with Gasteiger partial charge in [0.05, 0.1) is 6.61 Å².